The lowest BCUT2D eigenvalue weighted by Crippen LogP contribution is -2.44. The van der Waals surface area contributed by atoms with Crippen LogP contribution in [0.25, 0.3) is 0 Å². The van der Waals surface area contributed by atoms with Gasteiger partial charge < -0.3 is 19.5 Å². The summed E-state index contributed by atoms with van der Waals surface area (Å²) < 4.78 is 7.60. The van der Waals surface area contributed by atoms with Gasteiger partial charge in [-0.3, -0.25) is 0 Å². The van der Waals surface area contributed by atoms with Crippen LogP contribution in [-0.4, -0.2) is 58.0 Å². The first-order valence-electron chi connectivity index (χ1n) is 9.22. The molecule has 3 heterocycles. The van der Waals surface area contributed by atoms with Crippen molar-refractivity contribution in [3.8, 4) is 0 Å². The first-order chi connectivity index (χ1) is 11.7. The molecule has 7 heteroatoms. The molecule has 0 aliphatic carbocycles. The molecule has 2 saturated heterocycles. The van der Waals surface area contributed by atoms with Crippen molar-refractivity contribution in [3.05, 3.63) is 12.2 Å². The van der Waals surface area contributed by atoms with Gasteiger partial charge in [0.05, 0.1) is 6.10 Å². The maximum absolute atomic E-state index is 12.2. The van der Waals surface area contributed by atoms with Crippen molar-refractivity contribution in [2.24, 2.45) is 7.05 Å². The van der Waals surface area contributed by atoms with Crippen LogP contribution in [0.5, 0.6) is 0 Å². The Balaban J connectivity index is 1.30. The predicted molar refractivity (Wildman–Crippen MR) is 90.8 cm³/mol. The van der Waals surface area contributed by atoms with E-state index in [1.165, 1.54) is 12.8 Å². The van der Waals surface area contributed by atoms with Crippen LogP contribution in [0.3, 0.4) is 0 Å². The number of amides is 2. The Hall–Kier alpha value is -1.63. The number of ether oxygens (including phenoxy) is 1. The summed E-state index contributed by atoms with van der Waals surface area (Å²) in [6.45, 7) is 3.26. The van der Waals surface area contributed by atoms with E-state index in [9.17, 15) is 4.79 Å². The highest BCUT2D eigenvalue weighted by atomic mass is 16.5. The first kappa shape index (κ1) is 17.2. The normalized spacial score (nSPS) is 22.0. The fraction of sp³-hybridized carbons (Fsp3) is 0.824. The molecule has 1 aromatic rings. The van der Waals surface area contributed by atoms with E-state index in [2.05, 4.69) is 15.5 Å². The molecule has 0 spiro atoms. The summed E-state index contributed by atoms with van der Waals surface area (Å²) in [5.41, 5.74) is 0. The molecule has 1 aromatic heterocycles. The van der Waals surface area contributed by atoms with Gasteiger partial charge in [0.1, 0.15) is 12.2 Å². The lowest BCUT2D eigenvalue weighted by atomic mass is 9.96. The minimum Gasteiger partial charge on any atom is -0.378 e. The smallest absolute Gasteiger partial charge is 0.317 e. The van der Waals surface area contributed by atoms with Crippen molar-refractivity contribution < 1.29 is 9.53 Å². The topological polar surface area (TPSA) is 72.3 Å². The van der Waals surface area contributed by atoms with Crippen LogP contribution in [0.15, 0.2) is 6.33 Å². The van der Waals surface area contributed by atoms with Gasteiger partial charge in [0, 0.05) is 39.2 Å². The maximum atomic E-state index is 12.2. The zero-order valence-electron chi connectivity index (χ0n) is 14.6. The summed E-state index contributed by atoms with van der Waals surface area (Å²) in [7, 11) is 1.98. The highest BCUT2D eigenvalue weighted by Crippen LogP contribution is 2.26. The minimum absolute atomic E-state index is 0.0727. The summed E-state index contributed by atoms with van der Waals surface area (Å²) in [5, 5.41) is 11.2. The lowest BCUT2D eigenvalue weighted by molar-refractivity contribution is 0.102. The molecule has 2 aliphatic heterocycles. The number of aromatic nitrogens is 3. The average Bonchev–Trinajstić information content (AvgIpc) is 3.26. The zero-order valence-corrected chi connectivity index (χ0v) is 14.6. The maximum Gasteiger partial charge on any atom is 0.317 e. The number of rotatable bonds is 6. The van der Waals surface area contributed by atoms with Crippen LogP contribution in [0.2, 0.25) is 0 Å². The van der Waals surface area contributed by atoms with Crippen molar-refractivity contribution in [1.29, 1.82) is 0 Å². The number of likely N-dealkylation sites (tertiary alicyclic amines) is 1. The quantitative estimate of drug-likeness (QED) is 0.808. The fourth-order valence-electron chi connectivity index (χ4n) is 3.68. The second-order valence-corrected chi connectivity index (χ2v) is 6.92. The third-order valence-corrected chi connectivity index (χ3v) is 5.15. The average molecular weight is 335 g/mol. The molecule has 1 atom stereocenters. The van der Waals surface area contributed by atoms with Crippen molar-refractivity contribution in [3.63, 3.8) is 0 Å². The number of hydrogen-bond acceptors (Lipinski definition) is 4. The molecule has 0 aromatic carbocycles. The Morgan fingerprint density at radius 2 is 2.17 bits per heavy atom. The van der Waals surface area contributed by atoms with E-state index in [4.69, 9.17) is 4.74 Å². The van der Waals surface area contributed by atoms with Gasteiger partial charge >= 0.3 is 6.03 Å². The van der Waals surface area contributed by atoms with Gasteiger partial charge in [-0.25, -0.2) is 4.79 Å². The minimum atomic E-state index is 0.0727. The molecule has 0 saturated carbocycles. The Morgan fingerprint density at radius 1 is 1.33 bits per heavy atom. The van der Waals surface area contributed by atoms with Gasteiger partial charge in [-0.05, 0) is 44.9 Å². The van der Waals surface area contributed by atoms with Crippen LogP contribution in [-0.2, 0) is 11.8 Å². The van der Waals surface area contributed by atoms with Crippen LogP contribution in [0, 0.1) is 0 Å². The molecular formula is C17H29N5O2. The van der Waals surface area contributed by atoms with Crippen LogP contribution in [0.4, 0.5) is 4.79 Å². The highest BCUT2D eigenvalue weighted by molar-refractivity contribution is 5.74. The molecule has 1 unspecified atom stereocenters. The third-order valence-electron chi connectivity index (χ3n) is 5.15. The summed E-state index contributed by atoms with van der Waals surface area (Å²) in [4.78, 5) is 14.2. The molecule has 3 rings (SSSR count). The Labute approximate surface area is 143 Å². The van der Waals surface area contributed by atoms with E-state index in [0.717, 1.165) is 64.2 Å². The molecule has 7 nitrogen and oxygen atoms in total. The van der Waals surface area contributed by atoms with E-state index in [0.29, 0.717) is 12.0 Å². The summed E-state index contributed by atoms with van der Waals surface area (Å²) in [6, 6.07) is 0.0727. The molecule has 2 fully saturated rings. The number of carbonyl (C=O) groups is 1. The fourth-order valence-corrected chi connectivity index (χ4v) is 3.68. The number of aryl methyl sites for hydroxylation is 1. The Bertz CT molecular complexity index is 519. The van der Waals surface area contributed by atoms with Gasteiger partial charge in [-0.1, -0.05) is 0 Å². The van der Waals surface area contributed by atoms with E-state index in [1.807, 2.05) is 16.5 Å². The number of hydrogen-bond donors (Lipinski definition) is 1. The van der Waals surface area contributed by atoms with Gasteiger partial charge in [-0.2, -0.15) is 0 Å². The summed E-state index contributed by atoms with van der Waals surface area (Å²) in [5.74, 6) is 1.44. The van der Waals surface area contributed by atoms with Crippen molar-refractivity contribution >= 4 is 6.03 Å². The molecule has 0 bridgehead atoms. The number of urea groups is 1. The van der Waals surface area contributed by atoms with Crippen molar-refractivity contribution in [1.82, 2.24) is 25.0 Å². The highest BCUT2D eigenvalue weighted by Gasteiger charge is 2.26. The number of piperidine rings is 1. The van der Waals surface area contributed by atoms with Crippen LogP contribution >= 0.6 is 0 Å². The Kier molecular flexibility index (Phi) is 6.07. The van der Waals surface area contributed by atoms with Gasteiger partial charge in [0.25, 0.3) is 0 Å². The van der Waals surface area contributed by atoms with E-state index < -0.39 is 0 Å². The third kappa shape index (κ3) is 4.47. The van der Waals surface area contributed by atoms with E-state index >= 15 is 0 Å². The van der Waals surface area contributed by atoms with Crippen LogP contribution in [0.1, 0.15) is 56.7 Å². The van der Waals surface area contributed by atoms with E-state index in [-0.39, 0.29) is 6.03 Å². The number of nitrogens with zero attached hydrogens (tertiary/aromatic N) is 4. The predicted octanol–water partition coefficient (Wildman–Crippen LogP) is 2.05. The van der Waals surface area contributed by atoms with Crippen molar-refractivity contribution in [2.45, 2.75) is 57.0 Å². The number of carbonyl (C=O) groups excluding carboxylic acids is 1. The second-order valence-electron chi connectivity index (χ2n) is 6.92. The standard InChI is InChI=1S/C17H29N5O2/c1-21-13-19-20-16(21)14-7-10-22(11-8-14)17(23)18-9-3-2-5-15-6-4-12-24-15/h13-15H,2-12H2,1H3,(H,18,23). The number of nitrogens with one attached hydrogen (secondary N) is 1. The molecular weight excluding hydrogens is 306 g/mol. The lowest BCUT2D eigenvalue weighted by Gasteiger charge is -2.31. The molecule has 1 N–H and O–H groups in total. The molecule has 24 heavy (non-hydrogen) atoms. The Morgan fingerprint density at radius 3 is 2.83 bits per heavy atom. The largest absolute Gasteiger partial charge is 0.378 e. The van der Waals surface area contributed by atoms with Gasteiger partial charge in [0.15, 0.2) is 0 Å². The summed E-state index contributed by atoms with van der Waals surface area (Å²) in [6.07, 6.45) is 9.79. The van der Waals surface area contributed by atoms with Crippen LogP contribution < -0.4 is 5.32 Å². The molecule has 134 valence electrons. The monoisotopic (exact) mass is 335 g/mol. The first-order valence-corrected chi connectivity index (χ1v) is 9.22. The van der Waals surface area contributed by atoms with Crippen molar-refractivity contribution in [2.75, 3.05) is 26.2 Å². The zero-order chi connectivity index (χ0) is 16.8. The molecule has 2 amide bonds. The summed E-state index contributed by atoms with van der Waals surface area (Å²) >= 11 is 0. The second kappa shape index (κ2) is 8.46. The number of unbranched alkanes of at least 4 members (excludes halogenated alkanes) is 1. The molecule has 0 radical (unpaired) electrons. The molecule has 2 aliphatic rings. The SMILES string of the molecule is Cn1cnnc1C1CCN(C(=O)NCCCCC2CCCO2)CC1. The van der Waals surface area contributed by atoms with E-state index in [1.54, 1.807) is 6.33 Å². The van der Waals surface area contributed by atoms with Gasteiger partial charge in [-0.15, -0.1) is 10.2 Å². The van der Waals surface area contributed by atoms with Gasteiger partial charge in [0.2, 0.25) is 0 Å².